The quantitative estimate of drug-likeness (QED) is 0.939. The molecule has 0 radical (unpaired) electrons. The van der Waals surface area contributed by atoms with Crippen molar-refractivity contribution in [1.29, 1.82) is 0 Å². The topological polar surface area (TPSA) is 66.3 Å². The Balaban J connectivity index is 2.29. The SMILES string of the molecule is CC(C)c1c(C(=O)O)nnc(N2CCC2)c1-c1ccccc1. The molecule has 5 nitrogen and oxygen atoms in total. The van der Waals surface area contributed by atoms with Crippen LogP contribution in [-0.4, -0.2) is 34.4 Å². The lowest BCUT2D eigenvalue weighted by molar-refractivity contribution is 0.0687. The van der Waals surface area contributed by atoms with Crippen LogP contribution in [-0.2, 0) is 0 Å². The molecule has 2 aromatic rings. The first-order valence-corrected chi connectivity index (χ1v) is 7.54. The molecule has 3 rings (SSSR count). The summed E-state index contributed by atoms with van der Waals surface area (Å²) in [5.41, 5.74) is 2.71. The molecule has 0 atom stereocenters. The third-order valence-corrected chi connectivity index (χ3v) is 3.99. The van der Waals surface area contributed by atoms with E-state index in [-0.39, 0.29) is 11.6 Å². The highest BCUT2D eigenvalue weighted by Gasteiger charge is 2.28. The molecule has 0 unspecified atom stereocenters. The highest BCUT2D eigenvalue weighted by molar-refractivity contribution is 5.92. The van der Waals surface area contributed by atoms with Gasteiger partial charge >= 0.3 is 5.97 Å². The minimum atomic E-state index is -1.02. The van der Waals surface area contributed by atoms with E-state index in [1.807, 2.05) is 44.2 Å². The van der Waals surface area contributed by atoms with Crippen LogP contribution in [0.15, 0.2) is 30.3 Å². The van der Waals surface area contributed by atoms with Gasteiger partial charge in [0.25, 0.3) is 0 Å². The minimum Gasteiger partial charge on any atom is -0.476 e. The van der Waals surface area contributed by atoms with Crippen molar-refractivity contribution in [1.82, 2.24) is 10.2 Å². The Kier molecular flexibility index (Phi) is 3.79. The summed E-state index contributed by atoms with van der Waals surface area (Å²) in [6.07, 6.45) is 1.13. The summed E-state index contributed by atoms with van der Waals surface area (Å²) < 4.78 is 0. The van der Waals surface area contributed by atoms with Crippen LogP contribution in [0.4, 0.5) is 5.82 Å². The van der Waals surface area contributed by atoms with Gasteiger partial charge in [0.05, 0.1) is 0 Å². The van der Waals surface area contributed by atoms with Crippen LogP contribution in [0.25, 0.3) is 11.1 Å². The number of carboxylic acid groups (broad SMARTS) is 1. The zero-order chi connectivity index (χ0) is 15.7. The molecule has 1 N–H and O–H groups in total. The van der Waals surface area contributed by atoms with E-state index in [2.05, 4.69) is 15.1 Å². The standard InChI is InChI=1S/C17H19N3O2/c1-11(2)13-14(12-7-4-3-5-8-12)16(20-9-6-10-20)19-18-15(13)17(21)22/h3-5,7-8,11H,6,9-10H2,1-2H3,(H,21,22). The fraction of sp³-hybridized carbons (Fsp3) is 0.353. The second kappa shape index (κ2) is 5.75. The molecule has 0 bridgehead atoms. The first kappa shape index (κ1) is 14.5. The number of hydrogen-bond donors (Lipinski definition) is 1. The van der Waals surface area contributed by atoms with Crippen LogP contribution in [0.5, 0.6) is 0 Å². The first-order chi connectivity index (χ1) is 10.6. The molecule has 0 aliphatic carbocycles. The monoisotopic (exact) mass is 297 g/mol. The Hall–Kier alpha value is -2.43. The smallest absolute Gasteiger partial charge is 0.356 e. The van der Waals surface area contributed by atoms with Crippen LogP contribution in [0, 0.1) is 0 Å². The zero-order valence-electron chi connectivity index (χ0n) is 12.8. The molecule has 0 saturated carbocycles. The Morgan fingerprint density at radius 2 is 1.86 bits per heavy atom. The molecule has 1 saturated heterocycles. The Bertz CT molecular complexity index is 695. The first-order valence-electron chi connectivity index (χ1n) is 7.54. The third-order valence-electron chi connectivity index (χ3n) is 3.99. The molecule has 1 aromatic heterocycles. The van der Waals surface area contributed by atoms with Crippen LogP contribution < -0.4 is 4.90 Å². The molecular formula is C17H19N3O2. The van der Waals surface area contributed by atoms with Crippen LogP contribution >= 0.6 is 0 Å². The van der Waals surface area contributed by atoms with Crippen molar-refractivity contribution < 1.29 is 9.90 Å². The second-order valence-electron chi connectivity index (χ2n) is 5.83. The van der Waals surface area contributed by atoms with Crippen molar-refractivity contribution in [2.75, 3.05) is 18.0 Å². The van der Waals surface area contributed by atoms with Crippen molar-refractivity contribution in [3.05, 3.63) is 41.6 Å². The van der Waals surface area contributed by atoms with E-state index in [1.54, 1.807) is 0 Å². The fourth-order valence-corrected chi connectivity index (χ4v) is 2.80. The van der Waals surface area contributed by atoms with Crippen LogP contribution in [0.2, 0.25) is 0 Å². The molecule has 1 aromatic carbocycles. The van der Waals surface area contributed by atoms with Gasteiger partial charge in [0.2, 0.25) is 0 Å². The van der Waals surface area contributed by atoms with Gasteiger partial charge in [0.15, 0.2) is 11.5 Å². The average Bonchev–Trinajstić information content (AvgIpc) is 2.45. The maximum absolute atomic E-state index is 11.6. The van der Waals surface area contributed by atoms with Crippen LogP contribution in [0.1, 0.15) is 42.2 Å². The van der Waals surface area contributed by atoms with Gasteiger partial charge in [-0.1, -0.05) is 44.2 Å². The van der Waals surface area contributed by atoms with E-state index in [0.29, 0.717) is 0 Å². The summed E-state index contributed by atoms with van der Waals surface area (Å²) >= 11 is 0. The Morgan fingerprint density at radius 1 is 1.18 bits per heavy atom. The number of carboxylic acids is 1. The summed E-state index contributed by atoms with van der Waals surface area (Å²) in [6.45, 7) is 5.88. The summed E-state index contributed by atoms with van der Waals surface area (Å²) in [7, 11) is 0. The second-order valence-corrected chi connectivity index (χ2v) is 5.83. The van der Waals surface area contributed by atoms with Crippen molar-refractivity contribution in [3.8, 4) is 11.1 Å². The maximum atomic E-state index is 11.6. The van der Waals surface area contributed by atoms with E-state index in [0.717, 1.165) is 42.0 Å². The van der Waals surface area contributed by atoms with Crippen molar-refractivity contribution in [2.45, 2.75) is 26.2 Å². The minimum absolute atomic E-state index is 0.0526. The molecule has 1 aliphatic heterocycles. The lowest BCUT2D eigenvalue weighted by Crippen LogP contribution is -2.38. The highest BCUT2D eigenvalue weighted by atomic mass is 16.4. The number of carbonyl (C=O) groups is 1. The van der Waals surface area contributed by atoms with Gasteiger partial charge in [-0.05, 0) is 17.9 Å². The number of benzene rings is 1. The van der Waals surface area contributed by atoms with Crippen molar-refractivity contribution >= 4 is 11.8 Å². The maximum Gasteiger partial charge on any atom is 0.356 e. The van der Waals surface area contributed by atoms with Gasteiger partial charge in [-0.15, -0.1) is 10.2 Å². The average molecular weight is 297 g/mol. The van der Waals surface area contributed by atoms with E-state index in [1.165, 1.54) is 0 Å². The number of aromatic nitrogens is 2. The van der Waals surface area contributed by atoms with Crippen molar-refractivity contribution in [3.63, 3.8) is 0 Å². The number of aromatic carboxylic acids is 1. The molecular weight excluding hydrogens is 278 g/mol. The highest BCUT2D eigenvalue weighted by Crippen LogP contribution is 2.38. The predicted molar refractivity (Wildman–Crippen MR) is 85.3 cm³/mol. The molecule has 1 aliphatic rings. The molecule has 114 valence electrons. The molecule has 0 amide bonds. The van der Waals surface area contributed by atoms with Gasteiger partial charge in [0.1, 0.15) is 0 Å². The van der Waals surface area contributed by atoms with Crippen LogP contribution in [0.3, 0.4) is 0 Å². The molecule has 2 heterocycles. The Morgan fingerprint density at radius 3 is 2.36 bits per heavy atom. The van der Waals surface area contributed by atoms with E-state index in [4.69, 9.17) is 0 Å². The van der Waals surface area contributed by atoms with Gasteiger partial charge in [-0.3, -0.25) is 0 Å². The summed E-state index contributed by atoms with van der Waals surface area (Å²) in [6, 6.07) is 9.87. The Labute approximate surface area is 129 Å². The van der Waals surface area contributed by atoms with Crippen molar-refractivity contribution in [2.24, 2.45) is 0 Å². The number of nitrogens with zero attached hydrogens (tertiary/aromatic N) is 3. The van der Waals surface area contributed by atoms with E-state index < -0.39 is 5.97 Å². The largest absolute Gasteiger partial charge is 0.476 e. The summed E-state index contributed by atoms with van der Waals surface area (Å²) in [4.78, 5) is 13.7. The lowest BCUT2D eigenvalue weighted by atomic mass is 9.91. The lowest BCUT2D eigenvalue weighted by Gasteiger charge is -2.34. The molecule has 5 heteroatoms. The van der Waals surface area contributed by atoms with E-state index in [9.17, 15) is 9.90 Å². The predicted octanol–water partition coefficient (Wildman–Crippen LogP) is 3.18. The number of rotatable bonds is 4. The molecule has 1 fully saturated rings. The normalized spacial score (nSPS) is 14.0. The molecule has 22 heavy (non-hydrogen) atoms. The van der Waals surface area contributed by atoms with Gasteiger partial charge in [-0.25, -0.2) is 4.79 Å². The van der Waals surface area contributed by atoms with Gasteiger partial charge in [0, 0.05) is 24.2 Å². The number of hydrogen-bond acceptors (Lipinski definition) is 4. The zero-order valence-corrected chi connectivity index (χ0v) is 12.8. The summed E-state index contributed by atoms with van der Waals surface area (Å²) in [5.74, 6) is -0.175. The molecule has 0 spiro atoms. The number of anilines is 1. The summed E-state index contributed by atoms with van der Waals surface area (Å²) in [5, 5.41) is 17.7. The van der Waals surface area contributed by atoms with Gasteiger partial charge in [-0.2, -0.15) is 0 Å². The fourth-order valence-electron chi connectivity index (χ4n) is 2.80. The van der Waals surface area contributed by atoms with Gasteiger partial charge < -0.3 is 10.0 Å². The van der Waals surface area contributed by atoms with E-state index >= 15 is 0 Å². The third kappa shape index (κ3) is 2.43.